The van der Waals surface area contributed by atoms with Gasteiger partial charge in [0.1, 0.15) is 11.6 Å². The lowest BCUT2D eigenvalue weighted by atomic mass is 10.1. The molecule has 1 aromatic carbocycles. The van der Waals surface area contributed by atoms with Crippen LogP contribution in [0, 0.1) is 0 Å². The minimum absolute atomic E-state index is 0.0259. The van der Waals surface area contributed by atoms with Gasteiger partial charge in [-0.25, -0.2) is 4.39 Å². The van der Waals surface area contributed by atoms with Crippen molar-refractivity contribution in [2.45, 2.75) is 12.8 Å². The van der Waals surface area contributed by atoms with Crippen molar-refractivity contribution in [2.75, 3.05) is 27.7 Å². The lowest BCUT2D eigenvalue weighted by molar-refractivity contribution is 0.401. The number of hydrogen-bond donors (Lipinski definition) is 0. The number of hydrogen-bond acceptors (Lipinski definition) is 2. The summed E-state index contributed by atoms with van der Waals surface area (Å²) in [7, 11) is 5.39. The minimum atomic E-state index is -0.0259. The number of allylic oxidation sites excluding steroid dienone is 1. The molecule has 3 heteroatoms. The Morgan fingerprint density at radius 2 is 2.12 bits per heavy atom. The third kappa shape index (κ3) is 2.50. The largest absolute Gasteiger partial charge is 0.497 e. The number of fused-ring (bicyclic) bond motifs is 1. The van der Waals surface area contributed by atoms with Gasteiger partial charge in [-0.1, -0.05) is 6.07 Å². The van der Waals surface area contributed by atoms with Crippen LogP contribution >= 0.6 is 0 Å². The molecule has 0 spiro atoms. The highest BCUT2D eigenvalue weighted by atomic mass is 19.1. The molecule has 0 N–H and O–H groups in total. The molecule has 0 aliphatic heterocycles. The molecule has 0 radical (unpaired) electrons. The van der Waals surface area contributed by atoms with Crippen LogP contribution in [0.25, 0.3) is 5.57 Å². The number of halogens is 1. The maximum atomic E-state index is 14.1. The summed E-state index contributed by atoms with van der Waals surface area (Å²) in [4.78, 5) is 1.85. The fourth-order valence-corrected chi connectivity index (χ4v) is 2.23. The zero-order chi connectivity index (χ0) is 12.4. The lowest BCUT2D eigenvalue weighted by Crippen LogP contribution is -2.14. The van der Waals surface area contributed by atoms with Crippen molar-refractivity contribution in [2.24, 2.45) is 0 Å². The van der Waals surface area contributed by atoms with Gasteiger partial charge in [0.15, 0.2) is 0 Å². The predicted molar refractivity (Wildman–Crippen MR) is 67.9 cm³/mol. The monoisotopic (exact) mass is 235 g/mol. The molecule has 0 saturated carbocycles. The summed E-state index contributed by atoms with van der Waals surface area (Å²) in [6.07, 6.45) is 1.72. The van der Waals surface area contributed by atoms with Crippen molar-refractivity contribution in [3.8, 4) is 5.75 Å². The number of aryl methyl sites for hydroxylation is 1. The Kier molecular flexibility index (Phi) is 3.48. The SMILES string of the molecule is COc1ccc2c(c1)/C(=C(/F)CN(C)C)CC2. The molecule has 0 heterocycles. The number of rotatable bonds is 3. The van der Waals surface area contributed by atoms with Gasteiger partial charge in [-0.2, -0.15) is 0 Å². The summed E-state index contributed by atoms with van der Waals surface area (Å²) in [5, 5.41) is 0. The first kappa shape index (κ1) is 12.1. The Bertz CT molecular complexity index is 452. The van der Waals surface area contributed by atoms with Crippen molar-refractivity contribution in [1.29, 1.82) is 0 Å². The van der Waals surface area contributed by atoms with Gasteiger partial charge < -0.3 is 9.64 Å². The summed E-state index contributed by atoms with van der Waals surface area (Å²) in [5.41, 5.74) is 3.08. The standard InChI is InChI=1S/C14H18FNO/c1-16(2)9-14(15)12-7-5-10-4-6-11(17-3)8-13(10)12/h4,6,8H,5,7,9H2,1-3H3/b14-12+. The van der Waals surface area contributed by atoms with E-state index in [0.29, 0.717) is 6.54 Å². The second-order valence-electron chi connectivity index (χ2n) is 4.64. The second kappa shape index (κ2) is 4.88. The predicted octanol–water partition coefficient (Wildman–Crippen LogP) is 2.88. The van der Waals surface area contributed by atoms with Crippen LogP contribution in [0.3, 0.4) is 0 Å². The summed E-state index contributed by atoms with van der Waals surface area (Å²) in [6, 6.07) is 5.91. The van der Waals surface area contributed by atoms with Crippen molar-refractivity contribution >= 4 is 5.57 Å². The Hall–Kier alpha value is -1.35. The van der Waals surface area contributed by atoms with Crippen LogP contribution in [-0.2, 0) is 6.42 Å². The Labute approximate surface area is 102 Å². The van der Waals surface area contributed by atoms with E-state index in [1.165, 1.54) is 5.56 Å². The van der Waals surface area contributed by atoms with Crippen LogP contribution in [0.4, 0.5) is 4.39 Å². The van der Waals surface area contributed by atoms with Crippen LogP contribution < -0.4 is 4.74 Å². The third-order valence-electron chi connectivity index (χ3n) is 3.07. The number of benzene rings is 1. The van der Waals surface area contributed by atoms with Gasteiger partial charge in [0.05, 0.1) is 7.11 Å². The van der Waals surface area contributed by atoms with E-state index in [2.05, 4.69) is 0 Å². The first-order valence-corrected chi connectivity index (χ1v) is 5.81. The number of likely N-dealkylation sites (N-methyl/N-ethyl adjacent to an activating group) is 1. The molecule has 1 aromatic rings. The van der Waals surface area contributed by atoms with Crippen LogP contribution in [0.15, 0.2) is 24.0 Å². The van der Waals surface area contributed by atoms with Gasteiger partial charge in [-0.3, -0.25) is 0 Å². The molecule has 0 unspecified atom stereocenters. The summed E-state index contributed by atoms with van der Waals surface area (Å²) >= 11 is 0. The quantitative estimate of drug-likeness (QED) is 0.798. The Balaban J connectivity index is 2.38. The number of nitrogens with zero attached hydrogens (tertiary/aromatic N) is 1. The molecule has 0 saturated heterocycles. The maximum absolute atomic E-state index is 14.1. The lowest BCUT2D eigenvalue weighted by Gasteiger charge is -2.10. The minimum Gasteiger partial charge on any atom is -0.497 e. The van der Waals surface area contributed by atoms with E-state index >= 15 is 0 Å². The molecule has 2 rings (SSSR count). The molecule has 17 heavy (non-hydrogen) atoms. The zero-order valence-corrected chi connectivity index (χ0v) is 10.6. The van der Waals surface area contributed by atoms with Gasteiger partial charge in [0, 0.05) is 6.54 Å². The van der Waals surface area contributed by atoms with E-state index in [1.54, 1.807) is 7.11 Å². The Morgan fingerprint density at radius 1 is 1.35 bits per heavy atom. The average molecular weight is 235 g/mol. The van der Waals surface area contributed by atoms with Gasteiger partial charge in [-0.05, 0) is 55.8 Å². The van der Waals surface area contributed by atoms with Gasteiger partial charge >= 0.3 is 0 Å². The molecular weight excluding hydrogens is 217 g/mol. The molecule has 0 amide bonds. The van der Waals surface area contributed by atoms with Gasteiger partial charge in [-0.15, -0.1) is 0 Å². The molecule has 1 aliphatic rings. The molecule has 92 valence electrons. The van der Waals surface area contributed by atoms with Gasteiger partial charge in [0.2, 0.25) is 0 Å². The normalized spacial score (nSPS) is 17.2. The number of ether oxygens (including phenoxy) is 1. The van der Waals surface area contributed by atoms with Crippen molar-refractivity contribution in [3.05, 3.63) is 35.2 Å². The fourth-order valence-electron chi connectivity index (χ4n) is 2.23. The van der Waals surface area contributed by atoms with E-state index in [-0.39, 0.29) is 5.83 Å². The maximum Gasteiger partial charge on any atom is 0.119 e. The fraction of sp³-hybridized carbons (Fsp3) is 0.429. The summed E-state index contributed by atoms with van der Waals surface area (Å²) in [5.74, 6) is 0.766. The number of methoxy groups -OCH3 is 1. The van der Waals surface area contributed by atoms with E-state index in [1.807, 2.05) is 37.2 Å². The van der Waals surface area contributed by atoms with Gasteiger partial charge in [0.25, 0.3) is 0 Å². The molecule has 1 aliphatic carbocycles. The van der Waals surface area contributed by atoms with Crippen LogP contribution in [0.2, 0.25) is 0 Å². The molecule has 2 nitrogen and oxygen atoms in total. The highest BCUT2D eigenvalue weighted by molar-refractivity contribution is 5.75. The van der Waals surface area contributed by atoms with E-state index in [0.717, 1.165) is 29.7 Å². The van der Waals surface area contributed by atoms with Crippen molar-refractivity contribution in [3.63, 3.8) is 0 Å². The average Bonchev–Trinajstić information content (AvgIpc) is 2.70. The molecule has 0 atom stereocenters. The molecule has 0 aromatic heterocycles. The summed E-state index contributed by atoms with van der Waals surface area (Å²) in [6.45, 7) is 0.367. The smallest absolute Gasteiger partial charge is 0.119 e. The molecular formula is C14H18FNO. The van der Waals surface area contributed by atoms with Crippen molar-refractivity contribution < 1.29 is 9.13 Å². The zero-order valence-electron chi connectivity index (χ0n) is 10.6. The van der Waals surface area contributed by atoms with Crippen LogP contribution in [-0.4, -0.2) is 32.6 Å². The van der Waals surface area contributed by atoms with Crippen LogP contribution in [0.1, 0.15) is 17.5 Å². The van der Waals surface area contributed by atoms with E-state index in [9.17, 15) is 4.39 Å². The summed E-state index contributed by atoms with van der Waals surface area (Å²) < 4.78 is 19.3. The second-order valence-corrected chi connectivity index (χ2v) is 4.64. The highest BCUT2D eigenvalue weighted by Gasteiger charge is 2.20. The highest BCUT2D eigenvalue weighted by Crippen LogP contribution is 2.37. The first-order valence-electron chi connectivity index (χ1n) is 5.81. The third-order valence-corrected chi connectivity index (χ3v) is 3.07. The Morgan fingerprint density at radius 3 is 2.76 bits per heavy atom. The molecule has 0 fully saturated rings. The topological polar surface area (TPSA) is 12.5 Å². The van der Waals surface area contributed by atoms with E-state index < -0.39 is 0 Å². The van der Waals surface area contributed by atoms with Crippen LogP contribution in [0.5, 0.6) is 5.75 Å². The first-order chi connectivity index (χ1) is 8.11. The van der Waals surface area contributed by atoms with Crippen molar-refractivity contribution in [1.82, 2.24) is 4.90 Å². The van der Waals surface area contributed by atoms with E-state index in [4.69, 9.17) is 4.74 Å². The molecule has 0 bridgehead atoms.